The lowest BCUT2D eigenvalue weighted by Gasteiger charge is -2.38. The van der Waals surface area contributed by atoms with Crippen LogP contribution in [0.5, 0.6) is 0 Å². The highest BCUT2D eigenvalue weighted by molar-refractivity contribution is 5.70. The molecular formula is C58H110N2O9. The molecule has 1 aliphatic carbocycles. The molecule has 0 aliphatic heterocycles. The van der Waals surface area contributed by atoms with E-state index in [0.717, 1.165) is 148 Å². The maximum atomic E-state index is 12.6. The molecule has 0 saturated heterocycles. The van der Waals surface area contributed by atoms with E-state index in [4.69, 9.17) is 18.9 Å². The van der Waals surface area contributed by atoms with E-state index in [1.165, 1.54) is 89.9 Å². The molecule has 0 radical (unpaired) electrons. The number of hydrogen-bond donors (Lipinski definition) is 1. The topological polar surface area (TPSA) is 132 Å². The van der Waals surface area contributed by atoms with Gasteiger partial charge in [-0.3, -0.25) is 19.2 Å². The minimum absolute atomic E-state index is 0.00189. The van der Waals surface area contributed by atoms with Crippen molar-refractivity contribution in [2.75, 3.05) is 65.8 Å². The lowest BCUT2D eigenvalue weighted by Crippen LogP contribution is -2.41. The molecule has 1 rings (SSSR count). The van der Waals surface area contributed by atoms with Crippen LogP contribution in [0, 0.1) is 11.8 Å². The fraction of sp³-hybridized carbons (Fsp3) is 0.931. The summed E-state index contributed by atoms with van der Waals surface area (Å²) in [6.45, 7) is 15.0. The van der Waals surface area contributed by atoms with E-state index in [-0.39, 0.29) is 42.3 Å². The quantitative estimate of drug-likeness (QED) is 0.0355. The Morgan fingerprint density at radius 3 is 1.03 bits per heavy atom. The molecule has 0 spiro atoms. The number of hydrogen-bond acceptors (Lipinski definition) is 11. The molecule has 0 bridgehead atoms. The summed E-state index contributed by atoms with van der Waals surface area (Å²) in [5.74, 6) is -0.521. The number of rotatable bonds is 52. The Hall–Kier alpha value is -2.24. The molecule has 0 amide bonds. The fourth-order valence-corrected chi connectivity index (χ4v) is 9.28. The standard InChI is InChI=1S/C58H110N2O9/c1-5-9-13-17-23-38-55(62)66-48-52(49-67-56(63)39-24-18-14-10-6-2)34-27-31-43-59(46-47-61)42-29-21-22-30-44-60(54-36-33-37-54)45-32-28-35-53(50-68-57(64)40-25-19-15-11-7-3)51-69-58(65)41-26-20-16-12-8-4/h52-54,61H,5-51H2,1-4H3. The smallest absolute Gasteiger partial charge is 0.305 e. The lowest BCUT2D eigenvalue weighted by molar-refractivity contribution is -0.151. The molecule has 1 saturated carbocycles. The van der Waals surface area contributed by atoms with Gasteiger partial charge >= 0.3 is 23.9 Å². The highest BCUT2D eigenvalue weighted by Crippen LogP contribution is 2.26. The SMILES string of the molecule is CCCCCCCC(=O)OCC(CCCCN(CCO)CCCCCCN(CCCCC(COC(=O)CCCCCCC)COC(=O)CCCCCCC)C1CCC1)COC(=O)CCCCCCC. The molecule has 69 heavy (non-hydrogen) atoms. The molecule has 11 heteroatoms. The lowest BCUT2D eigenvalue weighted by atomic mass is 9.91. The van der Waals surface area contributed by atoms with Gasteiger partial charge < -0.3 is 33.9 Å². The highest BCUT2D eigenvalue weighted by Gasteiger charge is 2.24. The molecule has 0 aromatic rings. The second-order valence-electron chi connectivity index (χ2n) is 20.7. The summed E-state index contributed by atoms with van der Waals surface area (Å²) in [4.78, 5) is 55.2. The van der Waals surface area contributed by atoms with Crippen LogP contribution in [0.2, 0.25) is 0 Å². The van der Waals surface area contributed by atoms with Gasteiger partial charge in [0.1, 0.15) is 0 Å². The van der Waals surface area contributed by atoms with Gasteiger partial charge in [-0.2, -0.15) is 0 Å². The van der Waals surface area contributed by atoms with E-state index >= 15 is 0 Å². The molecule has 0 unspecified atom stereocenters. The van der Waals surface area contributed by atoms with Crippen LogP contribution in [-0.4, -0.2) is 111 Å². The van der Waals surface area contributed by atoms with Crippen LogP contribution in [0.4, 0.5) is 0 Å². The molecule has 11 nitrogen and oxygen atoms in total. The van der Waals surface area contributed by atoms with Gasteiger partial charge in [0, 0.05) is 50.1 Å². The predicted octanol–water partition coefficient (Wildman–Crippen LogP) is 13.9. The monoisotopic (exact) mass is 979 g/mol. The summed E-state index contributed by atoms with van der Waals surface area (Å²) in [6, 6.07) is 0.691. The molecule has 0 heterocycles. The van der Waals surface area contributed by atoms with Gasteiger partial charge in [0.2, 0.25) is 0 Å². The minimum atomic E-state index is -0.149. The van der Waals surface area contributed by atoms with E-state index in [9.17, 15) is 24.3 Å². The maximum Gasteiger partial charge on any atom is 0.305 e. The zero-order valence-electron chi connectivity index (χ0n) is 45.6. The summed E-state index contributed by atoms with van der Waals surface area (Å²) < 4.78 is 22.9. The Morgan fingerprint density at radius 2 is 0.710 bits per heavy atom. The fourth-order valence-electron chi connectivity index (χ4n) is 9.28. The average molecular weight is 980 g/mol. The van der Waals surface area contributed by atoms with Crippen molar-refractivity contribution in [3.8, 4) is 0 Å². The second kappa shape index (κ2) is 48.1. The van der Waals surface area contributed by atoms with Crippen molar-refractivity contribution in [3.63, 3.8) is 0 Å². The summed E-state index contributed by atoms with van der Waals surface area (Å²) in [5, 5.41) is 9.85. The average Bonchev–Trinajstić information content (AvgIpc) is 3.32. The van der Waals surface area contributed by atoms with Gasteiger partial charge in [-0.05, 0) is 103 Å². The van der Waals surface area contributed by atoms with E-state index in [2.05, 4.69) is 37.5 Å². The summed E-state index contributed by atoms with van der Waals surface area (Å²) in [6.07, 6.45) is 38.1. The van der Waals surface area contributed by atoms with Crippen molar-refractivity contribution in [2.24, 2.45) is 11.8 Å². The van der Waals surface area contributed by atoms with Gasteiger partial charge in [-0.15, -0.1) is 0 Å². The van der Waals surface area contributed by atoms with Crippen LogP contribution in [0.1, 0.15) is 265 Å². The molecule has 1 N–H and O–H groups in total. The summed E-state index contributed by atoms with van der Waals surface area (Å²) in [5.41, 5.74) is 0. The number of esters is 4. The van der Waals surface area contributed by atoms with Crippen molar-refractivity contribution in [3.05, 3.63) is 0 Å². The molecule has 0 atom stereocenters. The first-order valence-corrected chi connectivity index (χ1v) is 29.5. The first kappa shape index (κ1) is 64.8. The van der Waals surface area contributed by atoms with Crippen LogP contribution in [0.15, 0.2) is 0 Å². The van der Waals surface area contributed by atoms with Crippen molar-refractivity contribution in [2.45, 2.75) is 271 Å². The number of aliphatic hydroxyl groups excluding tert-OH is 1. The van der Waals surface area contributed by atoms with Gasteiger partial charge in [0.05, 0.1) is 33.0 Å². The maximum absolute atomic E-state index is 12.6. The Balaban J connectivity index is 2.52. The minimum Gasteiger partial charge on any atom is -0.465 e. The third-order valence-corrected chi connectivity index (χ3v) is 14.2. The van der Waals surface area contributed by atoms with E-state index in [1.807, 2.05) is 0 Å². The van der Waals surface area contributed by atoms with Gasteiger partial charge in [0.15, 0.2) is 0 Å². The molecule has 1 fully saturated rings. The third-order valence-electron chi connectivity index (χ3n) is 14.2. The van der Waals surface area contributed by atoms with Crippen LogP contribution in [-0.2, 0) is 38.1 Å². The summed E-state index contributed by atoms with van der Waals surface area (Å²) >= 11 is 0. The van der Waals surface area contributed by atoms with Gasteiger partial charge in [-0.25, -0.2) is 0 Å². The zero-order valence-corrected chi connectivity index (χ0v) is 45.6. The Labute approximate surface area is 424 Å². The highest BCUT2D eigenvalue weighted by atomic mass is 16.6. The number of nitrogens with zero attached hydrogens (tertiary/aromatic N) is 2. The zero-order chi connectivity index (χ0) is 50.3. The van der Waals surface area contributed by atoms with Crippen molar-refractivity contribution >= 4 is 23.9 Å². The first-order valence-electron chi connectivity index (χ1n) is 29.5. The Kier molecular flexibility index (Phi) is 45.1. The Morgan fingerprint density at radius 1 is 0.406 bits per heavy atom. The molecule has 1 aliphatic rings. The van der Waals surface area contributed by atoms with Gasteiger partial charge in [0.25, 0.3) is 0 Å². The molecular weight excluding hydrogens is 869 g/mol. The van der Waals surface area contributed by atoms with E-state index in [0.29, 0.717) is 64.7 Å². The number of ether oxygens (including phenoxy) is 4. The molecule has 0 aromatic heterocycles. The van der Waals surface area contributed by atoms with Crippen molar-refractivity contribution in [1.29, 1.82) is 0 Å². The molecule has 406 valence electrons. The van der Waals surface area contributed by atoms with Crippen LogP contribution < -0.4 is 0 Å². The largest absolute Gasteiger partial charge is 0.465 e. The van der Waals surface area contributed by atoms with E-state index < -0.39 is 0 Å². The number of unbranched alkanes of at least 4 members (excludes halogenated alkanes) is 21. The predicted molar refractivity (Wildman–Crippen MR) is 283 cm³/mol. The van der Waals surface area contributed by atoms with Crippen LogP contribution >= 0.6 is 0 Å². The van der Waals surface area contributed by atoms with Crippen LogP contribution in [0.25, 0.3) is 0 Å². The Bertz CT molecular complexity index is 1140. The van der Waals surface area contributed by atoms with E-state index in [1.54, 1.807) is 0 Å². The van der Waals surface area contributed by atoms with Crippen molar-refractivity contribution in [1.82, 2.24) is 9.80 Å². The molecule has 0 aromatic carbocycles. The number of carbonyl (C=O) groups is 4. The third kappa shape index (κ3) is 40.0. The van der Waals surface area contributed by atoms with Crippen LogP contribution in [0.3, 0.4) is 0 Å². The number of aliphatic hydroxyl groups is 1. The normalized spacial score (nSPS) is 12.9. The van der Waals surface area contributed by atoms with Crippen molar-refractivity contribution < 1.29 is 43.2 Å². The second-order valence-corrected chi connectivity index (χ2v) is 20.7. The first-order chi connectivity index (χ1) is 33.8. The van der Waals surface area contributed by atoms with Gasteiger partial charge in [-0.1, -0.05) is 163 Å². The summed E-state index contributed by atoms with van der Waals surface area (Å²) in [7, 11) is 0. The number of carbonyl (C=O) groups excluding carboxylic acids is 4.